The second-order valence-electron chi connectivity index (χ2n) is 3.92. The van der Waals surface area contributed by atoms with Crippen LogP contribution >= 0.6 is 27.5 Å². The molecule has 2 nitrogen and oxygen atoms in total. The number of hydrogen-bond donors (Lipinski definition) is 0. The Hall–Kier alpha value is -0.930. The highest BCUT2D eigenvalue weighted by molar-refractivity contribution is 9.10. The summed E-state index contributed by atoms with van der Waals surface area (Å²) in [5, 5.41) is -0.212. The van der Waals surface area contributed by atoms with Gasteiger partial charge in [0.2, 0.25) is 0 Å². The van der Waals surface area contributed by atoms with E-state index < -0.39 is 0 Å². The van der Waals surface area contributed by atoms with Crippen LogP contribution in [0.5, 0.6) is 5.75 Å². The second-order valence-corrected chi connectivity index (χ2v) is 5.21. The van der Waals surface area contributed by atoms with Gasteiger partial charge in [-0.25, -0.2) is 0 Å². The Morgan fingerprint density at radius 3 is 2.72 bits per heavy atom. The van der Waals surface area contributed by atoms with Crippen molar-refractivity contribution in [3.8, 4) is 5.75 Å². The minimum atomic E-state index is -0.212. The fourth-order valence-corrected chi connectivity index (χ4v) is 2.66. The highest BCUT2D eigenvalue weighted by Crippen LogP contribution is 2.35. The third kappa shape index (κ3) is 2.73. The molecule has 0 fully saturated rings. The number of aryl methyl sites for hydroxylation is 1. The summed E-state index contributed by atoms with van der Waals surface area (Å²) >= 11 is 9.95. The predicted octanol–water partition coefficient (Wildman–Crippen LogP) is 5.08. The zero-order chi connectivity index (χ0) is 13.1. The molecule has 2 rings (SSSR count). The minimum absolute atomic E-state index is 0.212. The molecule has 96 valence electrons. The van der Waals surface area contributed by atoms with Gasteiger partial charge in [0, 0.05) is 5.56 Å². The van der Waals surface area contributed by atoms with Crippen molar-refractivity contribution in [3.05, 3.63) is 51.9 Å². The van der Waals surface area contributed by atoms with E-state index in [2.05, 4.69) is 15.9 Å². The lowest BCUT2D eigenvalue weighted by Crippen LogP contribution is -1.96. The first-order valence-electron chi connectivity index (χ1n) is 5.73. The van der Waals surface area contributed by atoms with Crippen LogP contribution < -0.4 is 4.74 Å². The van der Waals surface area contributed by atoms with E-state index in [9.17, 15) is 0 Å². The Morgan fingerprint density at radius 2 is 2.17 bits per heavy atom. The molecule has 0 aliphatic rings. The van der Waals surface area contributed by atoms with Crippen LogP contribution in [0.2, 0.25) is 0 Å². The average molecular weight is 330 g/mol. The van der Waals surface area contributed by atoms with E-state index in [0.717, 1.165) is 27.1 Å². The van der Waals surface area contributed by atoms with Crippen molar-refractivity contribution in [2.75, 3.05) is 6.61 Å². The standard InChI is InChI=1S/C14H14BrClO2/c1-3-17-13-5-4-10(8-12(13)15)14(16)11-6-7-18-9(11)2/h4-8,14H,3H2,1-2H3. The second kappa shape index (κ2) is 5.81. The number of hydrogen-bond acceptors (Lipinski definition) is 2. The Morgan fingerprint density at radius 1 is 1.39 bits per heavy atom. The third-order valence-electron chi connectivity index (χ3n) is 2.72. The summed E-state index contributed by atoms with van der Waals surface area (Å²) in [4.78, 5) is 0. The molecule has 1 unspecified atom stereocenters. The van der Waals surface area contributed by atoms with E-state index in [4.69, 9.17) is 20.8 Å². The van der Waals surface area contributed by atoms with E-state index in [-0.39, 0.29) is 5.38 Å². The average Bonchev–Trinajstić information content (AvgIpc) is 2.77. The molecule has 1 aromatic carbocycles. The first-order chi connectivity index (χ1) is 8.63. The number of benzene rings is 1. The van der Waals surface area contributed by atoms with Gasteiger partial charge < -0.3 is 9.15 Å². The van der Waals surface area contributed by atoms with Gasteiger partial charge in [0.15, 0.2) is 0 Å². The molecule has 1 aromatic heterocycles. The molecule has 0 spiro atoms. The molecule has 0 N–H and O–H groups in total. The normalized spacial score (nSPS) is 12.4. The van der Waals surface area contributed by atoms with Crippen LogP contribution in [0.4, 0.5) is 0 Å². The smallest absolute Gasteiger partial charge is 0.133 e. The highest BCUT2D eigenvalue weighted by atomic mass is 79.9. The molecule has 1 heterocycles. The molecule has 1 atom stereocenters. The van der Waals surface area contributed by atoms with E-state index in [1.54, 1.807) is 6.26 Å². The van der Waals surface area contributed by atoms with Crippen molar-refractivity contribution in [1.29, 1.82) is 0 Å². The monoisotopic (exact) mass is 328 g/mol. The fraction of sp³-hybridized carbons (Fsp3) is 0.286. The van der Waals surface area contributed by atoms with Crippen LogP contribution in [-0.2, 0) is 0 Å². The number of alkyl halides is 1. The zero-order valence-electron chi connectivity index (χ0n) is 10.2. The first-order valence-corrected chi connectivity index (χ1v) is 6.96. The maximum absolute atomic E-state index is 6.46. The number of furan rings is 1. The Kier molecular flexibility index (Phi) is 4.36. The number of rotatable bonds is 4. The third-order valence-corrected chi connectivity index (χ3v) is 3.83. The van der Waals surface area contributed by atoms with E-state index >= 15 is 0 Å². The van der Waals surface area contributed by atoms with Gasteiger partial charge in [0.1, 0.15) is 11.5 Å². The topological polar surface area (TPSA) is 22.4 Å². The summed E-state index contributed by atoms with van der Waals surface area (Å²) < 4.78 is 11.7. The lowest BCUT2D eigenvalue weighted by Gasteiger charge is -2.12. The van der Waals surface area contributed by atoms with Crippen molar-refractivity contribution in [3.63, 3.8) is 0 Å². The van der Waals surface area contributed by atoms with Crippen LogP contribution in [0.25, 0.3) is 0 Å². The van der Waals surface area contributed by atoms with Crippen LogP contribution in [0, 0.1) is 6.92 Å². The number of halogens is 2. The lowest BCUT2D eigenvalue weighted by molar-refractivity contribution is 0.338. The van der Waals surface area contributed by atoms with Gasteiger partial charge in [-0.05, 0) is 53.5 Å². The molecule has 4 heteroatoms. The van der Waals surface area contributed by atoms with Crippen LogP contribution in [0.3, 0.4) is 0 Å². The summed E-state index contributed by atoms with van der Waals surface area (Å²) in [5.41, 5.74) is 2.00. The molecule has 0 saturated heterocycles. The van der Waals surface area contributed by atoms with E-state index in [1.165, 1.54) is 0 Å². The zero-order valence-corrected chi connectivity index (χ0v) is 12.6. The Balaban J connectivity index is 2.29. The molecule has 0 aliphatic heterocycles. The maximum Gasteiger partial charge on any atom is 0.133 e. The SMILES string of the molecule is CCOc1ccc(C(Cl)c2ccoc2C)cc1Br. The highest BCUT2D eigenvalue weighted by Gasteiger charge is 2.16. The summed E-state index contributed by atoms with van der Waals surface area (Å²) in [6.07, 6.45) is 1.66. The first kappa shape index (κ1) is 13.5. The van der Waals surface area contributed by atoms with Gasteiger partial charge >= 0.3 is 0 Å². The van der Waals surface area contributed by atoms with Gasteiger partial charge in [-0.2, -0.15) is 0 Å². The van der Waals surface area contributed by atoms with Gasteiger partial charge in [-0.3, -0.25) is 0 Å². The molecule has 0 radical (unpaired) electrons. The molecule has 0 saturated carbocycles. The van der Waals surface area contributed by atoms with Crippen molar-refractivity contribution in [1.82, 2.24) is 0 Å². The summed E-state index contributed by atoms with van der Waals surface area (Å²) in [6.45, 7) is 4.51. The van der Waals surface area contributed by atoms with Crippen molar-refractivity contribution in [2.45, 2.75) is 19.2 Å². The predicted molar refractivity (Wildman–Crippen MR) is 76.5 cm³/mol. The Bertz CT molecular complexity index is 536. The molecule has 0 bridgehead atoms. The summed E-state index contributed by atoms with van der Waals surface area (Å²) in [6, 6.07) is 7.78. The van der Waals surface area contributed by atoms with E-state index in [1.807, 2.05) is 38.1 Å². The van der Waals surface area contributed by atoms with Gasteiger partial charge in [0.05, 0.1) is 22.7 Å². The van der Waals surface area contributed by atoms with Gasteiger partial charge in [-0.1, -0.05) is 6.07 Å². The van der Waals surface area contributed by atoms with Crippen molar-refractivity contribution in [2.24, 2.45) is 0 Å². The van der Waals surface area contributed by atoms with Crippen molar-refractivity contribution >= 4 is 27.5 Å². The summed E-state index contributed by atoms with van der Waals surface area (Å²) in [5.74, 6) is 1.68. The number of ether oxygens (including phenoxy) is 1. The lowest BCUT2D eigenvalue weighted by atomic mass is 10.1. The maximum atomic E-state index is 6.46. The quantitative estimate of drug-likeness (QED) is 0.730. The molecular formula is C14H14BrClO2. The minimum Gasteiger partial charge on any atom is -0.493 e. The van der Waals surface area contributed by atoms with Gasteiger partial charge in [-0.15, -0.1) is 11.6 Å². The molecule has 0 aliphatic carbocycles. The summed E-state index contributed by atoms with van der Waals surface area (Å²) in [7, 11) is 0. The van der Waals surface area contributed by atoms with Crippen LogP contribution in [-0.4, -0.2) is 6.61 Å². The Labute approximate surface area is 120 Å². The molecular weight excluding hydrogens is 316 g/mol. The molecule has 18 heavy (non-hydrogen) atoms. The molecule has 2 aromatic rings. The van der Waals surface area contributed by atoms with Crippen LogP contribution in [0.1, 0.15) is 29.2 Å². The van der Waals surface area contributed by atoms with Gasteiger partial charge in [0.25, 0.3) is 0 Å². The van der Waals surface area contributed by atoms with Crippen LogP contribution in [0.15, 0.2) is 39.4 Å². The largest absolute Gasteiger partial charge is 0.493 e. The molecule has 0 amide bonds. The fourth-order valence-electron chi connectivity index (χ4n) is 1.78. The van der Waals surface area contributed by atoms with E-state index in [0.29, 0.717) is 6.61 Å². The van der Waals surface area contributed by atoms with Crippen molar-refractivity contribution < 1.29 is 9.15 Å².